The lowest BCUT2D eigenvalue weighted by Crippen LogP contribution is -2.56. The highest BCUT2D eigenvalue weighted by Gasteiger charge is 2.39. The second kappa shape index (κ2) is 7.94. The summed E-state index contributed by atoms with van der Waals surface area (Å²) in [6, 6.07) is 13.1. The molecule has 0 spiro atoms. The van der Waals surface area contributed by atoms with Crippen molar-refractivity contribution in [1.82, 2.24) is 4.90 Å². The number of hydrogen-bond acceptors (Lipinski definition) is 4. The van der Waals surface area contributed by atoms with Gasteiger partial charge in [0.2, 0.25) is 0 Å². The molecular formula is C22H20FNO4. The van der Waals surface area contributed by atoms with Gasteiger partial charge in [-0.1, -0.05) is 36.4 Å². The molecule has 0 aromatic heterocycles. The average molecular weight is 381 g/mol. The third-order valence-electron chi connectivity index (χ3n) is 5.10. The minimum absolute atomic E-state index is 0.201. The van der Waals surface area contributed by atoms with Crippen molar-refractivity contribution in [2.75, 3.05) is 13.2 Å². The van der Waals surface area contributed by atoms with E-state index < -0.39 is 11.9 Å². The highest BCUT2D eigenvalue weighted by molar-refractivity contribution is 5.86. The Kier molecular flexibility index (Phi) is 5.21. The molecule has 1 saturated heterocycles. The highest BCUT2D eigenvalue weighted by Crippen LogP contribution is 2.34. The second-order valence-electron chi connectivity index (χ2n) is 6.95. The van der Waals surface area contributed by atoms with Gasteiger partial charge in [-0.05, 0) is 41.3 Å². The van der Waals surface area contributed by atoms with Gasteiger partial charge >= 0.3 is 6.09 Å². The molecular weight excluding hydrogens is 361 g/mol. The predicted octanol–water partition coefficient (Wildman–Crippen LogP) is 3.83. The van der Waals surface area contributed by atoms with Crippen LogP contribution >= 0.6 is 0 Å². The van der Waals surface area contributed by atoms with Crippen molar-refractivity contribution < 1.29 is 23.5 Å². The number of benzene rings is 2. The molecule has 5 nitrogen and oxygen atoms in total. The monoisotopic (exact) mass is 381 g/mol. The summed E-state index contributed by atoms with van der Waals surface area (Å²) < 4.78 is 24.8. The fourth-order valence-electron chi connectivity index (χ4n) is 3.78. The Morgan fingerprint density at radius 2 is 2.04 bits per heavy atom. The fraction of sp³-hybridized carbons (Fsp3) is 0.273. The molecule has 6 heteroatoms. The van der Waals surface area contributed by atoms with Gasteiger partial charge in [0.05, 0.1) is 25.3 Å². The standard InChI is InChI=1S/C22H20FNO4/c23-18-7-6-16(11-25)21(10-18)17-8-19-13-27-14-20(9-17)24(19)22(26)28-12-15-4-2-1-3-5-15/h1-8,10-11,19-20H,9,12-14H2. The first kappa shape index (κ1) is 18.4. The number of carbonyl (C=O) groups excluding carboxylic acids is 2. The van der Waals surface area contributed by atoms with Crippen molar-refractivity contribution in [1.29, 1.82) is 0 Å². The third-order valence-corrected chi connectivity index (χ3v) is 5.10. The van der Waals surface area contributed by atoms with E-state index in [0.717, 1.165) is 17.4 Å². The molecule has 2 bridgehead atoms. The van der Waals surface area contributed by atoms with Gasteiger partial charge in [-0.3, -0.25) is 9.69 Å². The van der Waals surface area contributed by atoms with Crippen LogP contribution in [0, 0.1) is 5.82 Å². The number of rotatable bonds is 4. The highest BCUT2D eigenvalue weighted by atomic mass is 19.1. The topological polar surface area (TPSA) is 55.8 Å². The Bertz CT molecular complexity index is 912. The largest absolute Gasteiger partial charge is 0.445 e. The Balaban J connectivity index is 1.55. The van der Waals surface area contributed by atoms with Gasteiger partial charge in [0, 0.05) is 5.56 Å². The van der Waals surface area contributed by atoms with Crippen LogP contribution in [0.15, 0.2) is 54.6 Å². The summed E-state index contributed by atoms with van der Waals surface area (Å²) in [7, 11) is 0. The quantitative estimate of drug-likeness (QED) is 0.756. The smallest absolute Gasteiger partial charge is 0.411 e. The minimum Gasteiger partial charge on any atom is -0.445 e. The summed E-state index contributed by atoms with van der Waals surface area (Å²) in [6.45, 7) is 0.915. The van der Waals surface area contributed by atoms with Crippen molar-refractivity contribution in [3.8, 4) is 0 Å². The maximum absolute atomic E-state index is 13.7. The first-order chi connectivity index (χ1) is 13.7. The van der Waals surface area contributed by atoms with E-state index in [0.29, 0.717) is 30.8 Å². The normalized spacial score (nSPS) is 21.0. The molecule has 1 amide bonds. The Labute approximate surface area is 162 Å². The van der Waals surface area contributed by atoms with Gasteiger partial charge in [-0.2, -0.15) is 0 Å². The third kappa shape index (κ3) is 3.68. The van der Waals surface area contributed by atoms with Gasteiger partial charge in [0.15, 0.2) is 6.29 Å². The zero-order chi connectivity index (χ0) is 19.5. The van der Waals surface area contributed by atoms with Gasteiger partial charge in [-0.15, -0.1) is 0 Å². The first-order valence-electron chi connectivity index (χ1n) is 9.18. The van der Waals surface area contributed by atoms with Crippen molar-refractivity contribution in [2.45, 2.75) is 25.1 Å². The zero-order valence-corrected chi connectivity index (χ0v) is 15.2. The SMILES string of the molecule is O=Cc1ccc(F)cc1C1=CC2COCC(C1)N2C(=O)OCc1ccccc1. The molecule has 2 aliphatic rings. The lowest BCUT2D eigenvalue weighted by molar-refractivity contribution is -0.0342. The van der Waals surface area contributed by atoms with Gasteiger partial charge in [-0.25, -0.2) is 9.18 Å². The predicted molar refractivity (Wildman–Crippen MR) is 101 cm³/mol. The number of nitrogens with zero attached hydrogens (tertiary/aromatic N) is 1. The van der Waals surface area contributed by atoms with E-state index in [-0.39, 0.29) is 18.7 Å². The van der Waals surface area contributed by atoms with Gasteiger partial charge in [0.25, 0.3) is 0 Å². The average Bonchev–Trinajstić information content (AvgIpc) is 2.71. The molecule has 2 aromatic rings. The maximum atomic E-state index is 13.7. The summed E-state index contributed by atoms with van der Waals surface area (Å²) in [5.41, 5.74) is 2.78. The lowest BCUT2D eigenvalue weighted by atomic mass is 9.88. The van der Waals surface area contributed by atoms with Crippen LogP contribution in [-0.4, -0.2) is 42.6 Å². The molecule has 2 aromatic carbocycles. The number of fused-ring (bicyclic) bond motifs is 2. The second-order valence-corrected chi connectivity index (χ2v) is 6.95. The van der Waals surface area contributed by atoms with Gasteiger partial charge < -0.3 is 9.47 Å². The molecule has 2 heterocycles. The zero-order valence-electron chi connectivity index (χ0n) is 15.2. The van der Waals surface area contributed by atoms with Crippen molar-refractivity contribution in [3.05, 3.63) is 77.1 Å². The Morgan fingerprint density at radius 1 is 1.21 bits per heavy atom. The molecule has 4 rings (SSSR count). The van der Waals surface area contributed by atoms with E-state index in [1.165, 1.54) is 18.2 Å². The summed E-state index contributed by atoms with van der Waals surface area (Å²) >= 11 is 0. The lowest BCUT2D eigenvalue weighted by Gasteiger charge is -2.43. The summed E-state index contributed by atoms with van der Waals surface area (Å²) in [6.07, 6.45) is 2.68. The minimum atomic E-state index is -0.396. The van der Waals surface area contributed by atoms with E-state index >= 15 is 0 Å². The number of carbonyl (C=O) groups is 2. The molecule has 0 radical (unpaired) electrons. The molecule has 0 aliphatic carbocycles. The molecule has 28 heavy (non-hydrogen) atoms. The number of aldehydes is 1. The molecule has 2 unspecified atom stereocenters. The number of ether oxygens (including phenoxy) is 2. The Hall–Kier alpha value is -2.99. The van der Waals surface area contributed by atoms with Crippen molar-refractivity contribution >= 4 is 18.0 Å². The summed E-state index contributed by atoms with van der Waals surface area (Å²) in [5, 5.41) is 0. The van der Waals surface area contributed by atoms with Crippen molar-refractivity contribution in [3.63, 3.8) is 0 Å². The van der Waals surface area contributed by atoms with Crippen LogP contribution in [0.4, 0.5) is 9.18 Å². The molecule has 1 fully saturated rings. The van der Waals surface area contributed by atoms with Crippen LogP contribution in [0.3, 0.4) is 0 Å². The summed E-state index contributed by atoms with van der Waals surface area (Å²) in [5.74, 6) is -0.396. The number of morpholine rings is 1. The van der Waals surface area contributed by atoms with E-state index in [9.17, 15) is 14.0 Å². The van der Waals surface area contributed by atoms with Crippen molar-refractivity contribution in [2.24, 2.45) is 0 Å². The van der Waals surface area contributed by atoms with Crippen LogP contribution in [0.25, 0.3) is 5.57 Å². The van der Waals surface area contributed by atoms with Gasteiger partial charge in [0.1, 0.15) is 12.4 Å². The van der Waals surface area contributed by atoms with Crippen LogP contribution in [0.2, 0.25) is 0 Å². The van der Waals surface area contributed by atoms with Crippen LogP contribution in [0.5, 0.6) is 0 Å². The molecule has 144 valence electrons. The fourth-order valence-corrected chi connectivity index (χ4v) is 3.78. The number of amides is 1. The molecule has 2 aliphatic heterocycles. The maximum Gasteiger partial charge on any atom is 0.411 e. The van der Waals surface area contributed by atoms with E-state index in [1.54, 1.807) is 4.90 Å². The van der Waals surface area contributed by atoms with E-state index in [4.69, 9.17) is 9.47 Å². The summed E-state index contributed by atoms with van der Waals surface area (Å²) in [4.78, 5) is 25.8. The van der Waals surface area contributed by atoms with Crippen LogP contribution in [-0.2, 0) is 16.1 Å². The van der Waals surface area contributed by atoms with E-state index in [2.05, 4.69) is 0 Å². The first-order valence-corrected chi connectivity index (χ1v) is 9.18. The Morgan fingerprint density at radius 3 is 2.79 bits per heavy atom. The van der Waals surface area contributed by atoms with Crippen LogP contribution < -0.4 is 0 Å². The van der Waals surface area contributed by atoms with Crippen LogP contribution in [0.1, 0.15) is 27.9 Å². The van der Waals surface area contributed by atoms with E-state index in [1.807, 2.05) is 36.4 Å². The number of hydrogen-bond donors (Lipinski definition) is 0. The molecule has 0 saturated carbocycles. The molecule has 2 atom stereocenters. The number of halogens is 1. The molecule has 0 N–H and O–H groups in total.